The molecule has 7 heteroatoms. The number of fused-ring (bicyclic) bond motifs is 1. The first kappa shape index (κ1) is 26.3. The second-order valence-corrected chi connectivity index (χ2v) is 11.5. The fourth-order valence-corrected chi connectivity index (χ4v) is 6.20. The summed E-state index contributed by atoms with van der Waals surface area (Å²) in [5.74, 6) is 2.17. The van der Waals surface area contributed by atoms with Crippen LogP contribution in [0.1, 0.15) is 64.1 Å². The van der Waals surface area contributed by atoms with Crippen molar-refractivity contribution in [2.45, 2.75) is 65.6 Å². The summed E-state index contributed by atoms with van der Waals surface area (Å²) in [4.78, 5) is 33.9. The molecule has 1 aliphatic carbocycles. The third-order valence-corrected chi connectivity index (χ3v) is 8.06. The lowest BCUT2D eigenvalue weighted by molar-refractivity contribution is -0.139. The number of pyridine rings is 1. The van der Waals surface area contributed by atoms with Gasteiger partial charge in [-0.3, -0.25) is 14.6 Å². The average molecular weight is 519 g/mol. The van der Waals surface area contributed by atoms with E-state index in [1.165, 1.54) is 0 Å². The quantitative estimate of drug-likeness (QED) is 0.459. The van der Waals surface area contributed by atoms with Crippen LogP contribution in [0.3, 0.4) is 0 Å². The van der Waals surface area contributed by atoms with E-state index in [1.54, 1.807) is 24.4 Å². The minimum atomic E-state index is -0.572. The van der Waals surface area contributed by atoms with Crippen LogP contribution in [0.4, 0.5) is 0 Å². The Morgan fingerprint density at radius 3 is 2.66 bits per heavy atom. The summed E-state index contributed by atoms with van der Waals surface area (Å²) in [5.41, 5.74) is 2.16. The summed E-state index contributed by atoms with van der Waals surface area (Å²) in [6.45, 7) is 9.54. The van der Waals surface area contributed by atoms with Crippen LogP contribution in [0, 0.1) is 23.7 Å². The lowest BCUT2D eigenvalue weighted by atomic mass is 9.70. The molecule has 1 fully saturated rings. The van der Waals surface area contributed by atoms with Crippen molar-refractivity contribution in [2.75, 3.05) is 13.7 Å². The lowest BCUT2D eigenvalue weighted by Gasteiger charge is -2.41. The average Bonchev–Trinajstić information content (AvgIpc) is 3.17. The number of amides is 1. The van der Waals surface area contributed by atoms with Crippen LogP contribution in [0.15, 0.2) is 54.1 Å². The van der Waals surface area contributed by atoms with Crippen molar-refractivity contribution in [3.63, 3.8) is 0 Å². The Balaban J connectivity index is 1.54. The zero-order chi connectivity index (χ0) is 27.0. The molecule has 5 atom stereocenters. The highest BCUT2D eigenvalue weighted by atomic mass is 16.5. The molecule has 1 saturated carbocycles. The zero-order valence-electron chi connectivity index (χ0n) is 23.0. The molecular formula is C31H38N2O5. The van der Waals surface area contributed by atoms with Crippen molar-refractivity contribution in [1.82, 2.24) is 9.88 Å². The number of methoxy groups -OCH3 is 1. The molecule has 0 spiro atoms. The number of benzene rings is 1. The molecule has 7 nitrogen and oxygen atoms in total. The van der Waals surface area contributed by atoms with E-state index in [4.69, 9.17) is 14.2 Å². The lowest BCUT2D eigenvalue weighted by Crippen LogP contribution is -2.45. The fourth-order valence-electron chi connectivity index (χ4n) is 6.20. The van der Waals surface area contributed by atoms with E-state index in [-0.39, 0.29) is 35.4 Å². The maximum absolute atomic E-state index is 14.1. The van der Waals surface area contributed by atoms with E-state index in [1.807, 2.05) is 30.3 Å². The van der Waals surface area contributed by atoms with Gasteiger partial charge in [0.15, 0.2) is 23.0 Å². The smallest absolute Gasteiger partial charge is 0.290 e. The summed E-state index contributed by atoms with van der Waals surface area (Å²) in [7, 11) is 1.61. The Labute approximate surface area is 225 Å². The van der Waals surface area contributed by atoms with Gasteiger partial charge < -0.3 is 19.1 Å². The number of rotatable bonds is 8. The van der Waals surface area contributed by atoms with Crippen LogP contribution in [0.2, 0.25) is 0 Å². The molecule has 0 N–H and O–H groups in total. The summed E-state index contributed by atoms with van der Waals surface area (Å²) < 4.78 is 18.1. The van der Waals surface area contributed by atoms with Gasteiger partial charge in [0.2, 0.25) is 0 Å². The van der Waals surface area contributed by atoms with Crippen molar-refractivity contribution < 1.29 is 23.8 Å². The predicted molar refractivity (Wildman–Crippen MR) is 143 cm³/mol. The van der Waals surface area contributed by atoms with Gasteiger partial charge in [-0.2, -0.15) is 0 Å². The molecule has 0 bridgehead atoms. The van der Waals surface area contributed by atoms with Crippen LogP contribution >= 0.6 is 0 Å². The van der Waals surface area contributed by atoms with Gasteiger partial charge in [0.05, 0.1) is 31.2 Å². The van der Waals surface area contributed by atoms with Crippen molar-refractivity contribution >= 4 is 11.7 Å². The monoisotopic (exact) mass is 518 g/mol. The third kappa shape index (κ3) is 4.91. The van der Waals surface area contributed by atoms with Crippen molar-refractivity contribution in [2.24, 2.45) is 23.7 Å². The van der Waals surface area contributed by atoms with Crippen molar-refractivity contribution in [3.8, 4) is 11.5 Å². The maximum atomic E-state index is 14.1. The van der Waals surface area contributed by atoms with Gasteiger partial charge >= 0.3 is 0 Å². The van der Waals surface area contributed by atoms with E-state index < -0.39 is 6.04 Å². The molecule has 3 heterocycles. The Hall–Kier alpha value is -3.35. The van der Waals surface area contributed by atoms with Gasteiger partial charge in [-0.15, -0.1) is 0 Å². The van der Waals surface area contributed by atoms with Gasteiger partial charge in [0, 0.05) is 18.9 Å². The number of carbonyl (C=O) groups is 2. The van der Waals surface area contributed by atoms with E-state index in [0.717, 1.165) is 30.4 Å². The van der Waals surface area contributed by atoms with E-state index in [2.05, 4.69) is 32.7 Å². The molecule has 1 aromatic carbocycles. The van der Waals surface area contributed by atoms with E-state index in [0.29, 0.717) is 42.1 Å². The molecule has 202 valence electrons. The Morgan fingerprint density at radius 2 is 1.95 bits per heavy atom. The van der Waals surface area contributed by atoms with Gasteiger partial charge in [0.1, 0.15) is 6.10 Å². The molecule has 1 aromatic heterocycles. The number of hydrogen-bond acceptors (Lipinski definition) is 6. The number of nitrogens with zero attached hydrogens (tertiary/aromatic N) is 2. The molecule has 0 radical (unpaired) electrons. The van der Waals surface area contributed by atoms with Crippen LogP contribution < -0.4 is 9.47 Å². The second kappa shape index (κ2) is 10.8. The molecule has 5 rings (SSSR count). The number of hydrogen-bond donors (Lipinski definition) is 0. The molecular weight excluding hydrogens is 480 g/mol. The van der Waals surface area contributed by atoms with Crippen molar-refractivity contribution in [1.29, 1.82) is 0 Å². The number of Topliss-reactive ketones (excluding diaryl/α,β-unsaturated/α-hetero) is 1. The first-order valence-corrected chi connectivity index (χ1v) is 13.7. The van der Waals surface area contributed by atoms with Crippen LogP contribution in [-0.4, -0.2) is 41.4 Å². The predicted octanol–water partition coefficient (Wildman–Crippen LogP) is 5.50. The van der Waals surface area contributed by atoms with E-state index in [9.17, 15) is 9.59 Å². The zero-order valence-corrected chi connectivity index (χ0v) is 23.0. The highest BCUT2D eigenvalue weighted by Gasteiger charge is 2.54. The van der Waals surface area contributed by atoms with Gasteiger partial charge in [-0.05, 0) is 66.3 Å². The standard InChI is InChI=1S/C31H38N2O5/c1-18(2)10-12-37-24-9-8-22(15-25(24)36-5)27-26-28(34)23-14-19(3)13-20(4)29(23)38-30(26)31(35)33(27)17-21-7-6-11-32-16-21/h6-9,11,15-16,18-20,23,27,29H,10,12-14,17H2,1-5H3. The molecule has 1 amide bonds. The summed E-state index contributed by atoms with van der Waals surface area (Å²) >= 11 is 0. The molecule has 2 aliphatic heterocycles. The van der Waals surface area contributed by atoms with Gasteiger partial charge in [0.25, 0.3) is 5.91 Å². The minimum absolute atomic E-state index is 0.0397. The first-order valence-electron chi connectivity index (χ1n) is 13.7. The molecule has 2 aromatic rings. The van der Waals surface area contributed by atoms with Gasteiger partial charge in [-0.1, -0.05) is 39.8 Å². The maximum Gasteiger partial charge on any atom is 0.290 e. The third-order valence-electron chi connectivity index (χ3n) is 8.06. The largest absolute Gasteiger partial charge is 0.493 e. The second-order valence-electron chi connectivity index (χ2n) is 11.5. The van der Waals surface area contributed by atoms with Crippen molar-refractivity contribution in [3.05, 3.63) is 65.2 Å². The highest BCUT2D eigenvalue weighted by molar-refractivity contribution is 6.11. The SMILES string of the molecule is COc1cc(C2C3=C(OC4C(C)CC(C)CC4C3=O)C(=O)N2Cc2cccnc2)ccc1OCCC(C)C. The Morgan fingerprint density at radius 1 is 1.13 bits per heavy atom. The Kier molecular flexibility index (Phi) is 7.46. The number of aromatic nitrogens is 1. The number of carbonyl (C=O) groups excluding carboxylic acids is 2. The molecule has 5 unspecified atom stereocenters. The van der Waals surface area contributed by atoms with Gasteiger partial charge in [-0.25, -0.2) is 0 Å². The van der Waals surface area contributed by atoms with Crippen LogP contribution in [0.5, 0.6) is 11.5 Å². The summed E-state index contributed by atoms with van der Waals surface area (Å²) in [6, 6.07) is 8.92. The normalized spacial score (nSPS) is 26.8. The Bertz CT molecular complexity index is 1220. The first-order chi connectivity index (χ1) is 18.3. The topological polar surface area (TPSA) is 78.0 Å². The van der Waals surface area contributed by atoms with Crippen LogP contribution in [0.25, 0.3) is 0 Å². The minimum Gasteiger partial charge on any atom is -0.493 e. The van der Waals surface area contributed by atoms with E-state index >= 15 is 0 Å². The molecule has 38 heavy (non-hydrogen) atoms. The fraction of sp³-hybridized carbons (Fsp3) is 0.516. The highest BCUT2D eigenvalue weighted by Crippen LogP contribution is 2.50. The number of ether oxygens (including phenoxy) is 3. The summed E-state index contributed by atoms with van der Waals surface area (Å²) in [5, 5.41) is 0. The summed E-state index contributed by atoms with van der Waals surface area (Å²) in [6.07, 6.45) is 5.90. The molecule has 0 saturated heterocycles. The molecule has 3 aliphatic rings. The number of ketones is 1. The van der Waals surface area contributed by atoms with Crippen LogP contribution in [-0.2, 0) is 20.9 Å².